The van der Waals surface area contributed by atoms with Gasteiger partial charge < -0.3 is 43.4 Å². The lowest BCUT2D eigenvalue weighted by atomic mass is 10.1. The molecule has 0 aliphatic rings. The quantitative estimate of drug-likeness (QED) is 0.167. The molecule has 236 valence electrons. The van der Waals surface area contributed by atoms with Crippen molar-refractivity contribution in [3.8, 4) is 0 Å². The molecule has 0 amide bonds. The van der Waals surface area contributed by atoms with E-state index in [1.54, 1.807) is 57.4 Å². The molecule has 2 aromatic rings. The number of rotatable bonds is 19. The lowest BCUT2D eigenvalue weighted by molar-refractivity contribution is 0.0433. The van der Waals surface area contributed by atoms with Crippen molar-refractivity contribution in [1.82, 2.24) is 15.0 Å². The first-order chi connectivity index (χ1) is 20.3. The molecule has 0 aliphatic carbocycles. The van der Waals surface area contributed by atoms with Crippen molar-refractivity contribution in [1.29, 1.82) is 0 Å². The number of carbonyl (C=O) groups is 2. The van der Waals surface area contributed by atoms with Gasteiger partial charge in [-0.25, -0.2) is 9.59 Å². The zero-order valence-corrected chi connectivity index (χ0v) is 24.7. The van der Waals surface area contributed by atoms with E-state index in [1.165, 1.54) is 24.3 Å². The number of carbonyl (C=O) groups excluding carboxylic acids is 1. The van der Waals surface area contributed by atoms with E-state index in [4.69, 9.17) is 38.6 Å². The van der Waals surface area contributed by atoms with E-state index in [0.717, 1.165) is 0 Å². The minimum atomic E-state index is -1.05. The summed E-state index contributed by atoms with van der Waals surface area (Å²) in [5, 5.41) is 17.0. The van der Waals surface area contributed by atoms with Crippen LogP contribution in [0.4, 0.5) is 17.8 Å². The van der Waals surface area contributed by atoms with Crippen LogP contribution >= 0.6 is 0 Å². The van der Waals surface area contributed by atoms with E-state index in [2.05, 4.69) is 19.7 Å². The Labute approximate surface area is 244 Å². The van der Waals surface area contributed by atoms with Gasteiger partial charge in [0.1, 0.15) is 47.0 Å². The number of anilines is 3. The second-order valence-electron chi connectivity index (χ2n) is 8.10. The number of aromatic carboxylic acids is 1. The topological polar surface area (TPSA) is 188 Å². The van der Waals surface area contributed by atoms with Crippen molar-refractivity contribution in [3.63, 3.8) is 0 Å². The maximum Gasteiger partial charge on any atom is 0.338 e. The van der Waals surface area contributed by atoms with Gasteiger partial charge in [0.15, 0.2) is 0 Å². The fourth-order valence-electron chi connectivity index (χ4n) is 3.13. The van der Waals surface area contributed by atoms with Gasteiger partial charge in [-0.3, -0.25) is 14.7 Å². The van der Waals surface area contributed by atoms with E-state index in [0.29, 0.717) is 17.8 Å². The Bertz CT molecular complexity index is 946. The maximum absolute atomic E-state index is 11.2. The van der Waals surface area contributed by atoms with Crippen molar-refractivity contribution < 1.29 is 53.0 Å². The highest BCUT2D eigenvalue weighted by Gasteiger charge is 2.20. The number of aliphatic hydroxyl groups excluding tert-OH is 1. The summed E-state index contributed by atoms with van der Waals surface area (Å²) >= 11 is 0. The number of hydrogen-bond acceptors (Lipinski definition) is 16. The summed E-state index contributed by atoms with van der Waals surface area (Å²) in [7, 11) is 9.48. The molecule has 17 nitrogen and oxygen atoms in total. The smallest absolute Gasteiger partial charge is 0.338 e. The van der Waals surface area contributed by atoms with E-state index >= 15 is 0 Å². The van der Waals surface area contributed by atoms with Gasteiger partial charge in [0.05, 0.1) is 17.7 Å². The lowest BCUT2D eigenvalue weighted by Crippen LogP contribution is -2.36. The fraction of sp³-hybridized carbons (Fsp3) is 0.560. The molecule has 0 saturated heterocycles. The molecular formula is C25H40N6O11. The molecular weight excluding hydrogens is 560 g/mol. The summed E-state index contributed by atoms with van der Waals surface area (Å²) < 4.78 is 36.0. The SMILES string of the molecule is COCN(COC)c1nc(N(COC)COC)nc(N(COC)COC)n1.O=C(O)c1ccc(C(=O)OCCO)cc1. The number of nitrogens with zero attached hydrogens (tertiary/aromatic N) is 6. The minimum Gasteiger partial charge on any atom is -0.478 e. The molecule has 0 aliphatic heterocycles. The monoisotopic (exact) mass is 600 g/mol. The average Bonchev–Trinajstić information content (AvgIpc) is 2.99. The predicted molar refractivity (Wildman–Crippen MR) is 149 cm³/mol. The third-order valence-electron chi connectivity index (χ3n) is 4.85. The first kappa shape index (κ1) is 36.3. The Morgan fingerprint density at radius 2 is 0.929 bits per heavy atom. The van der Waals surface area contributed by atoms with Crippen LogP contribution in [0.3, 0.4) is 0 Å². The minimum absolute atomic E-state index is 0.0699. The summed E-state index contributed by atoms with van der Waals surface area (Å²) in [6.45, 7) is 1.11. The van der Waals surface area contributed by atoms with Crippen LogP contribution in [0.1, 0.15) is 20.7 Å². The number of benzene rings is 1. The maximum atomic E-state index is 11.2. The summed E-state index contributed by atoms with van der Waals surface area (Å²) in [6.07, 6.45) is 0. The molecule has 2 N–H and O–H groups in total. The Morgan fingerprint density at radius 3 is 1.19 bits per heavy atom. The second kappa shape index (κ2) is 21.1. The first-order valence-corrected chi connectivity index (χ1v) is 12.4. The standard InChI is InChI=1S/C15H30N6O6.C10H10O5/c1-22-7-19(8-23-2)13-16-14(20(9-24-3)10-25-4)18-15(17-13)21(11-26-5)12-27-6;11-5-6-15-10(14)8-3-1-7(2-4-8)9(12)13/h7-12H2,1-6H3;1-4,11H,5-6H2,(H,12,13). The Morgan fingerprint density at radius 1 is 0.619 bits per heavy atom. The highest BCUT2D eigenvalue weighted by Crippen LogP contribution is 2.19. The van der Waals surface area contributed by atoms with Gasteiger partial charge in [-0.15, -0.1) is 0 Å². The van der Waals surface area contributed by atoms with Crippen molar-refractivity contribution >= 4 is 29.8 Å². The van der Waals surface area contributed by atoms with Crippen LogP contribution in [0.25, 0.3) is 0 Å². The largest absolute Gasteiger partial charge is 0.478 e. The zero-order valence-electron chi connectivity index (χ0n) is 24.7. The summed E-state index contributed by atoms with van der Waals surface area (Å²) in [5.74, 6) is -0.527. The van der Waals surface area contributed by atoms with Crippen LogP contribution in [0.5, 0.6) is 0 Å². The summed E-state index contributed by atoms with van der Waals surface area (Å²) in [4.78, 5) is 40.4. The van der Waals surface area contributed by atoms with Gasteiger partial charge in [0, 0.05) is 42.7 Å². The van der Waals surface area contributed by atoms with Crippen LogP contribution in [0.2, 0.25) is 0 Å². The van der Waals surface area contributed by atoms with Gasteiger partial charge in [-0.1, -0.05) is 0 Å². The number of carboxylic acid groups (broad SMARTS) is 1. The van der Waals surface area contributed by atoms with Crippen molar-refractivity contribution in [3.05, 3.63) is 35.4 Å². The number of ether oxygens (including phenoxy) is 7. The zero-order chi connectivity index (χ0) is 31.3. The first-order valence-electron chi connectivity index (χ1n) is 12.4. The molecule has 1 heterocycles. The molecule has 0 atom stereocenters. The molecule has 0 fully saturated rings. The van der Waals surface area contributed by atoms with E-state index in [9.17, 15) is 9.59 Å². The third-order valence-corrected chi connectivity index (χ3v) is 4.85. The second-order valence-corrected chi connectivity index (χ2v) is 8.10. The van der Waals surface area contributed by atoms with Crippen molar-refractivity contribution in [2.75, 3.05) is 111 Å². The number of aromatic nitrogens is 3. The molecule has 0 radical (unpaired) electrons. The van der Waals surface area contributed by atoms with Gasteiger partial charge in [-0.05, 0) is 24.3 Å². The predicted octanol–water partition coefficient (Wildman–Crippen LogP) is 0.448. The normalized spacial score (nSPS) is 10.5. The van der Waals surface area contributed by atoms with E-state index < -0.39 is 11.9 Å². The molecule has 17 heteroatoms. The molecule has 0 bridgehead atoms. The van der Waals surface area contributed by atoms with Crippen molar-refractivity contribution in [2.45, 2.75) is 0 Å². The van der Waals surface area contributed by atoms with Crippen LogP contribution in [0.15, 0.2) is 24.3 Å². The molecule has 2 rings (SSSR count). The van der Waals surface area contributed by atoms with Gasteiger partial charge in [0.2, 0.25) is 17.8 Å². The highest BCUT2D eigenvalue weighted by molar-refractivity contribution is 5.92. The molecule has 0 spiro atoms. The number of esters is 1. The number of hydrogen-bond donors (Lipinski definition) is 2. The van der Waals surface area contributed by atoms with E-state index in [-0.39, 0.29) is 64.7 Å². The van der Waals surface area contributed by atoms with Crippen LogP contribution in [-0.4, -0.2) is 133 Å². The third kappa shape index (κ3) is 12.4. The fourth-order valence-corrected chi connectivity index (χ4v) is 3.13. The Balaban J connectivity index is 0.000000495. The molecule has 0 saturated carbocycles. The van der Waals surface area contributed by atoms with Gasteiger partial charge in [0.25, 0.3) is 0 Å². The van der Waals surface area contributed by atoms with E-state index in [1.807, 2.05) is 0 Å². The highest BCUT2D eigenvalue weighted by atomic mass is 16.5. The number of methoxy groups -OCH3 is 6. The number of carboxylic acids is 1. The summed E-state index contributed by atoms with van der Waals surface area (Å²) in [6, 6.07) is 5.36. The molecule has 1 aromatic heterocycles. The Kier molecular flexibility index (Phi) is 18.2. The van der Waals surface area contributed by atoms with Crippen LogP contribution in [-0.2, 0) is 33.2 Å². The molecule has 0 unspecified atom stereocenters. The Hall–Kier alpha value is -3.71. The van der Waals surface area contributed by atoms with Crippen LogP contribution in [0, 0.1) is 0 Å². The number of aliphatic hydroxyl groups is 1. The van der Waals surface area contributed by atoms with Crippen molar-refractivity contribution in [2.24, 2.45) is 0 Å². The van der Waals surface area contributed by atoms with Gasteiger partial charge >= 0.3 is 11.9 Å². The average molecular weight is 601 g/mol. The summed E-state index contributed by atoms with van der Waals surface area (Å²) in [5.41, 5.74) is 0.363. The molecule has 42 heavy (non-hydrogen) atoms. The lowest BCUT2D eigenvalue weighted by Gasteiger charge is -2.27. The van der Waals surface area contributed by atoms with Crippen LogP contribution < -0.4 is 14.7 Å². The molecule has 1 aromatic carbocycles. The van der Waals surface area contributed by atoms with Gasteiger partial charge in [-0.2, -0.15) is 15.0 Å².